The molecular formula is C12H8F3N. The number of hydrogen-bond acceptors (Lipinski definition) is 1. The van der Waals surface area contributed by atoms with Gasteiger partial charge in [0, 0.05) is 11.3 Å². The van der Waals surface area contributed by atoms with E-state index in [0.717, 1.165) is 18.2 Å². The highest BCUT2D eigenvalue weighted by molar-refractivity contribution is 5.69. The van der Waals surface area contributed by atoms with E-state index >= 15 is 0 Å². The van der Waals surface area contributed by atoms with Crippen LogP contribution in [0.5, 0.6) is 0 Å². The molecule has 0 spiro atoms. The van der Waals surface area contributed by atoms with Crippen LogP contribution in [-0.4, -0.2) is 0 Å². The fourth-order valence-electron chi connectivity index (χ4n) is 1.49. The van der Waals surface area contributed by atoms with Crippen LogP contribution < -0.4 is 5.73 Å². The van der Waals surface area contributed by atoms with E-state index in [2.05, 4.69) is 0 Å². The number of nitrogen functional groups attached to an aromatic ring is 1. The van der Waals surface area contributed by atoms with Crippen LogP contribution in [0.4, 0.5) is 18.9 Å². The smallest absolute Gasteiger partial charge is 0.134 e. The second-order valence-electron chi connectivity index (χ2n) is 3.34. The zero-order valence-corrected chi connectivity index (χ0v) is 8.18. The van der Waals surface area contributed by atoms with E-state index in [1.165, 1.54) is 18.2 Å². The van der Waals surface area contributed by atoms with E-state index in [9.17, 15) is 13.2 Å². The quantitative estimate of drug-likeness (QED) is 0.737. The second kappa shape index (κ2) is 3.89. The summed E-state index contributed by atoms with van der Waals surface area (Å²) in [5.74, 6) is -2.34. The Hall–Kier alpha value is -1.97. The highest BCUT2D eigenvalue weighted by Gasteiger charge is 2.14. The largest absolute Gasteiger partial charge is 0.399 e. The van der Waals surface area contributed by atoms with Crippen LogP contribution in [0, 0.1) is 17.5 Å². The molecule has 2 aromatic rings. The van der Waals surface area contributed by atoms with Crippen molar-refractivity contribution in [2.24, 2.45) is 0 Å². The molecule has 0 unspecified atom stereocenters. The van der Waals surface area contributed by atoms with Crippen molar-refractivity contribution in [3.63, 3.8) is 0 Å². The lowest BCUT2D eigenvalue weighted by molar-refractivity contribution is 0.582. The standard InChI is InChI=1S/C12H8F3N/c13-9-5-4-7(16)6-8(9)12-10(14)2-1-3-11(12)15/h1-6H,16H2. The van der Waals surface area contributed by atoms with Crippen molar-refractivity contribution in [1.29, 1.82) is 0 Å². The van der Waals surface area contributed by atoms with Gasteiger partial charge in [0.25, 0.3) is 0 Å². The fourth-order valence-corrected chi connectivity index (χ4v) is 1.49. The van der Waals surface area contributed by atoms with E-state index in [-0.39, 0.29) is 11.3 Å². The SMILES string of the molecule is Nc1ccc(F)c(-c2c(F)cccc2F)c1. The van der Waals surface area contributed by atoms with Crippen LogP contribution in [0.3, 0.4) is 0 Å². The third-order valence-electron chi connectivity index (χ3n) is 2.22. The van der Waals surface area contributed by atoms with Gasteiger partial charge in [0.05, 0.1) is 5.56 Å². The van der Waals surface area contributed by atoms with Crippen molar-refractivity contribution in [3.8, 4) is 11.1 Å². The summed E-state index contributed by atoms with van der Waals surface area (Å²) in [6.45, 7) is 0. The van der Waals surface area contributed by atoms with Gasteiger partial charge in [-0.25, -0.2) is 13.2 Å². The van der Waals surface area contributed by atoms with Crippen molar-refractivity contribution in [3.05, 3.63) is 53.8 Å². The maximum absolute atomic E-state index is 13.4. The predicted octanol–water partition coefficient (Wildman–Crippen LogP) is 3.35. The Morgan fingerprint density at radius 2 is 1.44 bits per heavy atom. The molecule has 0 aromatic heterocycles. The number of anilines is 1. The third-order valence-corrected chi connectivity index (χ3v) is 2.22. The van der Waals surface area contributed by atoms with Crippen molar-refractivity contribution in [1.82, 2.24) is 0 Å². The molecule has 0 saturated heterocycles. The Balaban J connectivity index is 2.72. The first kappa shape index (κ1) is 10.5. The molecule has 0 atom stereocenters. The topological polar surface area (TPSA) is 26.0 Å². The molecule has 0 aliphatic rings. The Bertz CT molecular complexity index is 518. The minimum absolute atomic E-state index is 0.171. The van der Waals surface area contributed by atoms with Crippen LogP contribution in [0.15, 0.2) is 36.4 Å². The summed E-state index contributed by atoms with van der Waals surface area (Å²) in [4.78, 5) is 0. The number of benzene rings is 2. The van der Waals surface area contributed by atoms with Gasteiger partial charge in [-0.15, -0.1) is 0 Å². The summed E-state index contributed by atoms with van der Waals surface area (Å²) < 4.78 is 40.2. The predicted molar refractivity (Wildman–Crippen MR) is 56.2 cm³/mol. The van der Waals surface area contributed by atoms with Gasteiger partial charge in [-0.1, -0.05) is 6.07 Å². The van der Waals surface area contributed by atoms with Gasteiger partial charge in [-0.05, 0) is 30.3 Å². The molecule has 0 aliphatic heterocycles. The second-order valence-corrected chi connectivity index (χ2v) is 3.34. The molecule has 2 rings (SSSR count). The zero-order valence-electron chi connectivity index (χ0n) is 8.18. The van der Waals surface area contributed by atoms with E-state index in [0.29, 0.717) is 0 Å². The molecule has 82 valence electrons. The molecule has 0 saturated carbocycles. The Labute approximate surface area is 90.3 Å². The lowest BCUT2D eigenvalue weighted by Crippen LogP contribution is -1.94. The van der Waals surface area contributed by atoms with E-state index in [4.69, 9.17) is 5.73 Å². The van der Waals surface area contributed by atoms with Gasteiger partial charge >= 0.3 is 0 Å². The van der Waals surface area contributed by atoms with Gasteiger partial charge in [-0.3, -0.25) is 0 Å². The van der Waals surface area contributed by atoms with Crippen molar-refractivity contribution >= 4 is 5.69 Å². The van der Waals surface area contributed by atoms with Crippen molar-refractivity contribution in [2.45, 2.75) is 0 Å². The molecule has 0 fully saturated rings. The monoisotopic (exact) mass is 223 g/mol. The molecule has 2 aromatic carbocycles. The average Bonchev–Trinajstić information content (AvgIpc) is 2.23. The number of halogens is 3. The molecule has 0 radical (unpaired) electrons. The Morgan fingerprint density at radius 3 is 2.06 bits per heavy atom. The first-order valence-corrected chi connectivity index (χ1v) is 4.59. The summed E-state index contributed by atoms with van der Waals surface area (Å²) in [5.41, 5.74) is 5.14. The van der Waals surface area contributed by atoms with Crippen LogP contribution >= 0.6 is 0 Å². The van der Waals surface area contributed by atoms with Crippen molar-refractivity contribution in [2.75, 3.05) is 5.73 Å². The van der Waals surface area contributed by atoms with E-state index in [1.807, 2.05) is 0 Å². The summed E-state index contributed by atoms with van der Waals surface area (Å²) in [6, 6.07) is 6.98. The summed E-state index contributed by atoms with van der Waals surface area (Å²) in [6.07, 6.45) is 0. The number of rotatable bonds is 1. The molecule has 0 heterocycles. The highest BCUT2D eigenvalue weighted by Crippen LogP contribution is 2.29. The number of nitrogens with two attached hydrogens (primary N) is 1. The molecule has 2 N–H and O–H groups in total. The van der Waals surface area contributed by atoms with Gasteiger partial charge in [0.1, 0.15) is 17.5 Å². The lowest BCUT2D eigenvalue weighted by atomic mass is 10.0. The van der Waals surface area contributed by atoms with Crippen LogP contribution in [0.25, 0.3) is 11.1 Å². The Morgan fingerprint density at radius 1 is 0.812 bits per heavy atom. The molecule has 1 nitrogen and oxygen atoms in total. The summed E-state index contributed by atoms with van der Waals surface area (Å²) >= 11 is 0. The molecule has 0 bridgehead atoms. The molecule has 0 amide bonds. The fraction of sp³-hybridized carbons (Fsp3) is 0. The zero-order chi connectivity index (χ0) is 11.7. The molecule has 4 heteroatoms. The molecular weight excluding hydrogens is 215 g/mol. The lowest BCUT2D eigenvalue weighted by Gasteiger charge is -2.07. The first-order valence-electron chi connectivity index (χ1n) is 4.59. The van der Waals surface area contributed by atoms with E-state index in [1.54, 1.807) is 0 Å². The first-order chi connectivity index (χ1) is 7.59. The summed E-state index contributed by atoms with van der Waals surface area (Å²) in [5, 5.41) is 0. The normalized spacial score (nSPS) is 10.4. The molecule has 16 heavy (non-hydrogen) atoms. The highest BCUT2D eigenvalue weighted by atomic mass is 19.1. The van der Waals surface area contributed by atoms with Crippen LogP contribution in [0.1, 0.15) is 0 Å². The van der Waals surface area contributed by atoms with Gasteiger partial charge in [-0.2, -0.15) is 0 Å². The van der Waals surface area contributed by atoms with Gasteiger partial charge in [0.15, 0.2) is 0 Å². The summed E-state index contributed by atoms with van der Waals surface area (Å²) in [7, 11) is 0. The van der Waals surface area contributed by atoms with Gasteiger partial charge < -0.3 is 5.73 Å². The molecule has 0 aliphatic carbocycles. The van der Waals surface area contributed by atoms with Crippen molar-refractivity contribution < 1.29 is 13.2 Å². The van der Waals surface area contributed by atoms with Gasteiger partial charge in [0.2, 0.25) is 0 Å². The average molecular weight is 223 g/mol. The Kier molecular flexibility index (Phi) is 2.56. The maximum atomic E-state index is 13.4. The maximum Gasteiger partial charge on any atom is 0.134 e. The third kappa shape index (κ3) is 1.74. The number of hydrogen-bond donors (Lipinski definition) is 1. The minimum atomic E-state index is -0.815. The van der Waals surface area contributed by atoms with Crippen LogP contribution in [0.2, 0.25) is 0 Å². The minimum Gasteiger partial charge on any atom is -0.399 e. The van der Waals surface area contributed by atoms with E-state index < -0.39 is 23.0 Å². The van der Waals surface area contributed by atoms with Crippen LogP contribution in [-0.2, 0) is 0 Å².